The maximum atomic E-state index is 11.0. The summed E-state index contributed by atoms with van der Waals surface area (Å²) in [6.07, 6.45) is -0.279. The first-order valence-electron chi connectivity index (χ1n) is 3.76. The predicted octanol–water partition coefficient (Wildman–Crippen LogP) is -0.937. The molecule has 1 saturated heterocycles. The van der Waals surface area contributed by atoms with Crippen LogP contribution in [0.1, 0.15) is 0 Å². The maximum Gasteiger partial charge on any atom is 0.250 e. The molecule has 1 aliphatic heterocycles. The molecule has 0 saturated carbocycles. The van der Waals surface area contributed by atoms with Crippen LogP contribution in [0.2, 0.25) is 0 Å². The van der Waals surface area contributed by atoms with E-state index in [1.807, 2.05) is 7.05 Å². The molecule has 1 N–H and O–H groups in total. The van der Waals surface area contributed by atoms with E-state index < -0.39 is 0 Å². The van der Waals surface area contributed by atoms with Crippen LogP contribution in [0, 0.1) is 0 Å². The molecule has 0 aromatic heterocycles. The largest absolute Gasteiger partial charge is 0.366 e. The van der Waals surface area contributed by atoms with Crippen molar-refractivity contribution in [3.63, 3.8) is 0 Å². The number of nitrogens with zero attached hydrogens (tertiary/aromatic N) is 1. The van der Waals surface area contributed by atoms with Gasteiger partial charge >= 0.3 is 0 Å². The number of hydrogen-bond acceptors (Lipinski definition) is 3. The number of carbonyl (C=O) groups excluding carboxylic acids is 1. The van der Waals surface area contributed by atoms with Crippen LogP contribution in [0.15, 0.2) is 0 Å². The fourth-order valence-electron chi connectivity index (χ4n) is 1.10. The first-order chi connectivity index (χ1) is 5.24. The smallest absolute Gasteiger partial charge is 0.250 e. The summed E-state index contributed by atoms with van der Waals surface area (Å²) in [6, 6.07) is 0. The minimum atomic E-state index is -0.279. The van der Waals surface area contributed by atoms with Gasteiger partial charge < -0.3 is 15.0 Å². The van der Waals surface area contributed by atoms with Crippen LogP contribution in [0.5, 0.6) is 0 Å². The van der Waals surface area contributed by atoms with Crippen molar-refractivity contribution < 1.29 is 9.53 Å². The van der Waals surface area contributed by atoms with Gasteiger partial charge in [-0.25, -0.2) is 0 Å². The van der Waals surface area contributed by atoms with Gasteiger partial charge in [-0.15, -0.1) is 0 Å². The van der Waals surface area contributed by atoms with Crippen LogP contribution < -0.4 is 5.32 Å². The molecule has 0 aromatic rings. The average Bonchev–Trinajstić information content (AvgIpc) is 2.03. The Hall–Kier alpha value is -0.610. The Bertz CT molecular complexity index is 149. The molecule has 0 aromatic carbocycles. The van der Waals surface area contributed by atoms with Crippen LogP contribution in [-0.4, -0.2) is 50.7 Å². The second kappa shape index (κ2) is 3.69. The lowest BCUT2D eigenvalue weighted by Crippen LogP contribution is -2.47. The Morgan fingerprint density at radius 2 is 2.45 bits per heavy atom. The first-order valence-corrected chi connectivity index (χ1v) is 3.76. The lowest BCUT2D eigenvalue weighted by atomic mass is 10.3. The summed E-state index contributed by atoms with van der Waals surface area (Å²) < 4.78 is 5.25. The minimum absolute atomic E-state index is 0.0310. The third-order valence-corrected chi connectivity index (χ3v) is 1.81. The Morgan fingerprint density at radius 1 is 1.73 bits per heavy atom. The highest BCUT2D eigenvalue weighted by Crippen LogP contribution is 2.01. The van der Waals surface area contributed by atoms with Gasteiger partial charge in [0.25, 0.3) is 0 Å². The van der Waals surface area contributed by atoms with Gasteiger partial charge in [0, 0.05) is 20.1 Å². The van der Waals surface area contributed by atoms with E-state index in [-0.39, 0.29) is 12.0 Å². The van der Waals surface area contributed by atoms with Gasteiger partial charge in [-0.2, -0.15) is 0 Å². The number of carbonyl (C=O) groups is 1. The summed E-state index contributed by atoms with van der Waals surface area (Å²) in [5.41, 5.74) is 0. The van der Waals surface area contributed by atoms with Crippen LogP contribution in [0.3, 0.4) is 0 Å². The number of rotatable bonds is 1. The molecule has 0 bridgehead atoms. The van der Waals surface area contributed by atoms with Crippen molar-refractivity contribution in [1.29, 1.82) is 0 Å². The second-order valence-electron chi connectivity index (χ2n) is 2.74. The molecule has 1 fully saturated rings. The van der Waals surface area contributed by atoms with Gasteiger partial charge in [-0.05, 0) is 7.05 Å². The molecule has 1 aliphatic rings. The molecule has 0 spiro atoms. The summed E-state index contributed by atoms with van der Waals surface area (Å²) >= 11 is 0. The van der Waals surface area contributed by atoms with Gasteiger partial charge in [0.1, 0.15) is 6.10 Å². The molecule has 1 amide bonds. The number of amides is 1. The summed E-state index contributed by atoms with van der Waals surface area (Å²) in [4.78, 5) is 13.1. The molecule has 1 rings (SSSR count). The summed E-state index contributed by atoms with van der Waals surface area (Å²) in [5, 5.41) is 2.56. The fourth-order valence-corrected chi connectivity index (χ4v) is 1.10. The summed E-state index contributed by atoms with van der Waals surface area (Å²) in [5.74, 6) is -0.0310. The van der Waals surface area contributed by atoms with E-state index in [4.69, 9.17) is 4.74 Å². The minimum Gasteiger partial charge on any atom is -0.366 e. The number of ether oxygens (including phenoxy) is 1. The van der Waals surface area contributed by atoms with E-state index in [0.717, 1.165) is 6.54 Å². The number of nitrogens with one attached hydrogen (secondary N) is 1. The average molecular weight is 158 g/mol. The predicted molar refractivity (Wildman–Crippen MR) is 41.3 cm³/mol. The van der Waals surface area contributed by atoms with E-state index in [1.54, 1.807) is 7.05 Å². The van der Waals surface area contributed by atoms with Crippen LogP contribution in [0.25, 0.3) is 0 Å². The van der Waals surface area contributed by atoms with Crippen molar-refractivity contribution in [3.05, 3.63) is 0 Å². The quantitative estimate of drug-likeness (QED) is 0.535. The SMILES string of the molecule is CNC(=O)[C@H]1CN(C)CCO1. The third kappa shape index (κ3) is 2.17. The zero-order chi connectivity index (χ0) is 8.27. The molecule has 4 nitrogen and oxygen atoms in total. The van der Waals surface area contributed by atoms with Gasteiger partial charge in [-0.3, -0.25) is 4.79 Å². The fraction of sp³-hybridized carbons (Fsp3) is 0.857. The normalized spacial score (nSPS) is 26.5. The molecule has 11 heavy (non-hydrogen) atoms. The van der Waals surface area contributed by atoms with E-state index in [1.165, 1.54) is 0 Å². The van der Waals surface area contributed by atoms with Crippen LogP contribution in [0.4, 0.5) is 0 Å². The molecule has 4 heteroatoms. The van der Waals surface area contributed by atoms with Crippen molar-refractivity contribution in [2.45, 2.75) is 6.10 Å². The molecule has 0 unspecified atom stereocenters. The van der Waals surface area contributed by atoms with E-state index in [2.05, 4.69) is 10.2 Å². The Morgan fingerprint density at radius 3 is 3.00 bits per heavy atom. The Balaban J connectivity index is 2.39. The zero-order valence-electron chi connectivity index (χ0n) is 6.96. The summed E-state index contributed by atoms with van der Waals surface area (Å²) in [6.45, 7) is 2.25. The van der Waals surface area contributed by atoms with Crippen molar-refractivity contribution >= 4 is 5.91 Å². The third-order valence-electron chi connectivity index (χ3n) is 1.81. The monoisotopic (exact) mass is 158 g/mol. The van der Waals surface area contributed by atoms with Crippen molar-refractivity contribution in [3.8, 4) is 0 Å². The number of likely N-dealkylation sites (N-methyl/N-ethyl adjacent to an activating group) is 2. The van der Waals surface area contributed by atoms with Crippen molar-refractivity contribution in [1.82, 2.24) is 10.2 Å². The molecule has 0 radical (unpaired) electrons. The molecule has 0 aliphatic carbocycles. The Kier molecular flexibility index (Phi) is 2.84. The van der Waals surface area contributed by atoms with Crippen LogP contribution in [-0.2, 0) is 9.53 Å². The zero-order valence-corrected chi connectivity index (χ0v) is 6.96. The Labute approximate surface area is 66.5 Å². The van der Waals surface area contributed by atoms with Crippen molar-refractivity contribution in [2.24, 2.45) is 0 Å². The molecule has 1 atom stereocenters. The van der Waals surface area contributed by atoms with E-state index >= 15 is 0 Å². The topological polar surface area (TPSA) is 41.6 Å². The molecular formula is C7H14N2O2. The highest BCUT2D eigenvalue weighted by Gasteiger charge is 2.23. The lowest BCUT2D eigenvalue weighted by molar-refractivity contribution is -0.137. The second-order valence-corrected chi connectivity index (χ2v) is 2.74. The molecule has 64 valence electrons. The van der Waals surface area contributed by atoms with Gasteiger partial charge in [-0.1, -0.05) is 0 Å². The van der Waals surface area contributed by atoms with E-state index in [0.29, 0.717) is 13.2 Å². The molecule has 1 heterocycles. The van der Waals surface area contributed by atoms with Crippen molar-refractivity contribution in [2.75, 3.05) is 33.8 Å². The first kappa shape index (κ1) is 8.49. The maximum absolute atomic E-state index is 11.0. The summed E-state index contributed by atoms with van der Waals surface area (Å²) in [7, 11) is 3.61. The standard InChI is InChI=1S/C7H14N2O2/c1-8-7(10)6-5-9(2)3-4-11-6/h6H,3-5H2,1-2H3,(H,8,10)/t6-/m1/s1. The lowest BCUT2D eigenvalue weighted by Gasteiger charge is -2.28. The van der Waals surface area contributed by atoms with Gasteiger partial charge in [0.2, 0.25) is 5.91 Å². The highest BCUT2D eigenvalue weighted by atomic mass is 16.5. The van der Waals surface area contributed by atoms with Gasteiger partial charge in [0.15, 0.2) is 0 Å². The van der Waals surface area contributed by atoms with Crippen LogP contribution >= 0.6 is 0 Å². The number of morpholine rings is 1. The highest BCUT2D eigenvalue weighted by molar-refractivity contribution is 5.80. The molecular weight excluding hydrogens is 144 g/mol. The van der Waals surface area contributed by atoms with E-state index in [9.17, 15) is 4.79 Å². The van der Waals surface area contributed by atoms with Gasteiger partial charge in [0.05, 0.1) is 6.61 Å². The number of hydrogen-bond donors (Lipinski definition) is 1.